The Morgan fingerprint density at radius 3 is 2.27 bits per heavy atom. The lowest BCUT2D eigenvalue weighted by atomic mass is 10.1. The molecule has 0 aliphatic heterocycles. The standard InChI is InChI=1S/C12H23NO2/c1-4-6-12(15)7-5-9-13(3)10-8-11(2)14/h4-10H2,1-3H3. The minimum absolute atomic E-state index is 0.226. The van der Waals surface area contributed by atoms with Gasteiger partial charge in [-0.1, -0.05) is 6.92 Å². The van der Waals surface area contributed by atoms with Gasteiger partial charge in [-0.05, 0) is 33.4 Å². The summed E-state index contributed by atoms with van der Waals surface area (Å²) in [6, 6.07) is 0. The van der Waals surface area contributed by atoms with Crippen molar-refractivity contribution >= 4 is 11.6 Å². The number of carbonyl (C=O) groups is 2. The number of nitrogens with zero attached hydrogens (tertiary/aromatic N) is 1. The smallest absolute Gasteiger partial charge is 0.132 e. The molecule has 3 nitrogen and oxygen atoms in total. The lowest BCUT2D eigenvalue weighted by Gasteiger charge is -2.14. The molecular weight excluding hydrogens is 190 g/mol. The van der Waals surface area contributed by atoms with Crippen LogP contribution in [0.4, 0.5) is 0 Å². The van der Waals surface area contributed by atoms with Crippen LogP contribution in [0.3, 0.4) is 0 Å². The Bertz CT molecular complexity index is 202. The van der Waals surface area contributed by atoms with E-state index in [-0.39, 0.29) is 5.78 Å². The van der Waals surface area contributed by atoms with Crippen LogP contribution < -0.4 is 0 Å². The van der Waals surface area contributed by atoms with Crippen molar-refractivity contribution in [2.24, 2.45) is 0 Å². The van der Waals surface area contributed by atoms with Crippen molar-refractivity contribution in [3.63, 3.8) is 0 Å². The normalized spacial score (nSPS) is 10.7. The van der Waals surface area contributed by atoms with Gasteiger partial charge in [0.15, 0.2) is 0 Å². The lowest BCUT2D eigenvalue weighted by Crippen LogP contribution is -2.22. The highest BCUT2D eigenvalue weighted by molar-refractivity contribution is 5.78. The largest absolute Gasteiger partial charge is 0.306 e. The minimum atomic E-state index is 0.226. The number of hydrogen-bond donors (Lipinski definition) is 0. The first-order valence-electron chi connectivity index (χ1n) is 5.76. The van der Waals surface area contributed by atoms with Gasteiger partial charge in [-0.15, -0.1) is 0 Å². The summed E-state index contributed by atoms with van der Waals surface area (Å²) in [6.07, 6.45) is 3.85. The Balaban J connectivity index is 3.41. The van der Waals surface area contributed by atoms with Gasteiger partial charge >= 0.3 is 0 Å². The quantitative estimate of drug-likeness (QED) is 0.588. The van der Waals surface area contributed by atoms with Gasteiger partial charge in [-0.2, -0.15) is 0 Å². The zero-order chi connectivity index (χ0) is 11.7. The van der Waals surface area contributed by atoms with E-state index in [0.29, 0.717) is 25.0 Å². The molecule has 0 saturated carbocycles. The van der Waals surface area contributed by atoms with Crippen LogP contribution in [-0.2, 0) is 9.59 Å². The van der Waals surface area contributed by atoms with Crippen LogP contribution >= 0.6 is 0 Å². The summed E-state index contributed by atoms with van der Waals surface area (Å²) in [5.41, 5.74) is 0. The number of carbonyl (C=O) groups excluding carboxylic acids is 2. The van der Waals surface area contributed by atoms with E-state index in [4.69, 9.17) is 0 Å². The molecular formula is C12H23NO2. The summed E-state index contributed by atoms with van der Waals surface area (Å²) in [5, 5.41) is 0. The molecule has 0 N–H and O–H groups in total. The number of hydrogen-bond acceptors (Lipinski definition) is 3. The molecule has 0 atom stereocenters. The van der Waals surface area contributed by atoms with Crippen molar-refractivity contribution in [2.45, 2.75) is 46.0 Å². The van der Waals surface area contributed by atoms with Crippen molar-refractivity contribution in [3.8, 4) is 0 Å². The Morgan fingerprint density at radius 2 is 1.73 bits per heavy atom. The van der Waals surface area contributed by atoms with Crippen molar-refractivity contribution in [1.29, 1.82) is 0 Å². The molecule has 15 heavy (non-hydrogen) atoms. The molecule has 0 fully saturated rings. The van der Waals surface area contributed by atoms with Gasteiger partial charge in [-0.25, -0.2) is 0 Å². The summed E-state index contributed by atoms with van der Waals surface area (Å²) in [7, 11) is 1.99. The fraction of sp³-hybridized carbons (Fsp3) is 0.833. The predicted octanol–water partition coefficient (Wildman–Crippen LogP) is 2.05. The van der Waals surface area contributed by atoms with Crippen LogP contribution in [0.5, 0.6) is 0 Å². The van der Waals surface area contributed by atoms with E-state index >= 15 is 0 Å². The third kappa shape index (κ3) is 9.60. The SMILES string of the molecule is CCCC(=O)CCCN(C)CCC(C)=O. The van der Waals surface area contributed by atoms with E-state index in [2.05, 4.69) is 4.90 Å². The van der Waals surface area contributed by atoms with E-state index in [1.54, 1.807) is 6.92 Å². The van der Waals surface area contributed by atoms with Crippen LogP contribution in [-0.4, -0.2) is 36.6 Å². The molecule has 0 aromatic heterocycles. The number of Topliss-reactive ketones (excluding diaryl/α,β-unsaturated/α-hetero) is 2. The van der Waals surface area contributed by atoms with E-state index in [0.717, 1.165) is 25.9 Å². The maximum Gasteiger partial charge on any atom is 0.132 e. The average molecular weight is 213 g/mol. The predicted molar refractivity (Wildman–Crippen MR) is 61.9 cm³/mol. The number of rotatable bonds is 9. The molecule has 0 rings (SSSR count). The second kappa shape index (κ2) is 8.60. The van der Waals surface area contributed by atoms with Gasteiger partial charge in [0.1, 0.15) is 11.6 Å². The van der Waals surface area contributed by atoms with Crippen molar-refractivity contribution in [3.05, 3.63) is 0 Å². The molecule has 0 saturated heterocycles. The third-order valence-corrected chi connectivity index (χ3v) is 2.37. The van der Waals surface area contributed by atoms with Crippen LogP contribution in [0, 0.1) is 0 Å². The van der Waals surface area contributed by atoms with E-state index in [1.165, 1.54) is 0 Å². The fourth-order valence-electron chi connectivity index (χ4n) is 1.41. The molecule has 0 aliphatic rings. The van der Waals surface area contributed by atoms with Crippen LogP contribution in [0.2, 0.25) is 0 Å². The number of ketones is 2. The van der Waals surface area contributed by atoms with E-state index in [1.807, 2.05) is 14.0 Å². The van der Waals surface area contributed by atoms with Crippen molar-refractivity contribution in [2.75, 3.05) is 20.1 Å². The van der Waals surface area contributed by atoms with Crippen LogP contribution in [0.1, 0.15) is 46.0 Å². The lowest BCUT2D eigenvalue weighted by molar-refractivity contribution is -0.119. The van der Waals surface area contributed by atoms with Crippen molar-refractivity contribution < 1.29 is 9.59 Å². The first-order chi connectivity index (χ1) is 7.06. The first kappa shape index (κ1) is 14.3. The Hall–Kier alpha value is -0.700. The van der Waals surface area contributed by atoms with Gasteiger partial charge in [0.2, 0.25) is 0 Å². The minimum Gasteiger partial charge on any atom is -0.306 e. The molecule has 0 unspecified atom stereocenters. The highest BCUT2D eigenvalue weighted by Crippen LogP contribution is 2.00. The van der Waals surface area contributed by atoms with Crippen molar-refractivity contribution in [1.82, 2.24) is 4.90 Å². The summed E-state index contributed by atoms with van der Waals surface area (Å²) in [5.74, 6) is 0.585. The van der Waals surface area contributed by atoms with Crippen LogP contribution in [0.15, 0.2) is 0 Å². The summed E-state index contributed by atoms with van der Waals surface area (Å²) in [4.78, 5) is 24.1. The first-order valence-corrected chi connectivity index (χ1v) is 5.76. The van der Waals surface area contributed by atoms with Crippen LogP contribution in [0.25, 0.3) is 0 Å². The maximum atomic E-state index is 11.2. The summed E-state index contributed by atoms with van der Waals surface area (Å²) in [6.45, 7) is 5.34. The van der Waals surface area contributed by atoms with Gasteiger partial charge in [0, 0.05) is 25.8 Å². The highest BCUT2D eigenvalue weighted by atomic mass is 16.1. The second-order valence-corrected chi connectivity index (χ2v) is 4.15. The van der Waals surface area contributed by atoms with Gasteiger partial charge in [0.05, 0.1) is 0 Å². The molecule has 0 spiro atoms. The zero-order valence-electron chi connectivity index (χ0n) is 10.2. The molecule has 0 aliphatic carbocycles. The molecule has 0 aromatic carbocycles. The van der Waals surface area contributed by atoms with Gasteiger partial charge in [0.25, 0.3) is 0 Å². The Morgan fingerprint density at radius 1 is 1.07 bits per heavy atom. The second-order valence-electron chi connectivity index (χ2n) is 4.15. The molecule has 0 aromatic rings. The molecule has 0 bridgehead atoms. The maximum absolute atomic E-state index is 11.2. The third-order valence-electron chi connectivity index (χ3n) is 2.37. The van der Waals surface area contributed by atoms with E-state index in [9.17, 15) is 9.59 Å². The molecule has 0 amide bonds. The van der Waals surface area contributed by atoms with Gasteiger partial charge < -0.3 is 4.90 Å². The summed E-state index contributed by atoms with van der Waals surface area (Å²) < 4.78 is 0. The van der Waals surface area contributed by atoms with Gasteiger partial charge in [-0.3, -0.25) is 9.59 Å². The summed E-state index contributed by atoms with van der Waals surface area (Å²) >= 11 is 0. The monoisotopic (exact) mass is 213 g/mol. The molecule has 3 heteroatoms. The zero-order valence-corrected chi connectivity index (χ0v) is 10.2. The molecule has 0 radical (unpaired) electrons. The average Bonchev–Trinajstić information content (AvgIpc) is 2.15. The fourth-order valence-corrected chi connectivity index (χ4v) is 1.41. The topological polar surface area (TPSA) is 37.4 Å². The molecule has 0 heterocycles. The highest BCUT2D eigenvalue weighted by Gasteiger charge is 2.03. The van der Waals surface area contributed by atoms with E-state index < -0.39 is 0 Å². The molecule has 88 valence electrons. The Kier molecular flexibility index (Phi) is 8.19. The Labute approximate surface area is 92.8 Å².